The van der Waals surface area contributed by atoms with E-state index in [1.807, 2.05) is 19.2 Å². The third-order valence-electron chi connectivity index (χ3n) is 5.66. The molecule has 2 aromatic heterocycles. The van der Waals surface area contributed by atoms with Gasteiger partial charge in [-0.15, -0.1) is 12.4 Å². The predicted molar refractivity (Wildman–Crippen MR) is 102 cm³/mol. The van der Waals surface area contributed by atoms with Gasteiger partial charge in [-0.1, -0.05) is 19.3 Å². The lowest BCUT2D eigenvalue weighted by Gasteiger charge is -2.42. The first-order valence-corrected chi connectivity index (χ1v) is 8.96. The summed E-state index contributed by atoms with van der Waals surface area (Å²) in [4.78, 5) is 23.6. The lowest BCUT2D eigenvalue weighted by atomic mass is 9.75. The van der Waals surface area contributed by atoms with Crippen LogP contribution in [0.2, 0.25) is 0 Å². The van der Waals surface area contributed by atoms with Gasteiger partial charge in [0.15, 0.2) is 0 Å². The lowest BCUT2D eigenvalue weighted by molar-refractivity contribution is 0.201. The monoisotopic (exact) mass is 360 g/mol. The maximum atomic E-state index is 12.4. The van der Waals surface area contributed by atoms with Crippen LogP contribution in [0.3, 0.4) is 0 Å². The van der Waals surface area contributed by atoms with Crippen molar-refractivity contribution < 1.29 is 0 Å². The van der Waals surface area contributed by atoms with E-state index < -0.39 is 0 Å². The topological polar surface area (TPSA) is 51.0 Å². The smallest absolute Gasteiger partial charge is 0.255 e. The second kappa shape index (κ2) is 7.56. The van der Waals surface area contributed by atoms with Crippen molar-refractivity contribution in [1.82, 2.24) is 14.5 Å². The van der Waals surface area contributed by atoms with Gasteiger partial charge in [0.25, 0.3) is 5.56 Å². The van der Waals surface area contributed by atoms with Gasteiger partial charge in [-0.25, -0.2) is 4.98 Å². The maximum Gasteiger partial charge on any atom is 0.255 e. The van der Waals surface area contributed by atoms with E-state index in [0.29, 0.717) is 0 Å². The van der Waals surface area contributed by atoms with E-state index in [1.54, 1.807) is 23.0 Å². The molecule has 134 valence electrons. The molecule has 6 heteroatoms. The van der Waals surface area contributed by atoms with Crippen LogP contribution in [-0.2, 0) is 7.05 Å². The highest BCUT2D eigenvalue weighted by atomic mass is 35.5. The Morgan fingerprint density at radius 2 is 1.80 bits per heavy atom. The summed E-state index contributed by atoms with van der Waals surface area (Å²) in [7, 11) is 1.83. The van der Waals surface area contributed by atoms with E-state index in [2.05, 4.69) is 9.88 Å². The Kier molecular flexibility index (Phi) is 5.42. The molecule has 0 amide bonds. The number of hydrogen-bond donors (Lipinski definition) is 0. The van der Waals surface area contributed by atoms with E-state index in [9.17, 15) is 4.79 Å². The SMILES string of the molecule is Cl.Cn1c(N2CCC3CCCCC3C2)nc(-c2ccncc2)cc1=O. The highest BCUT2D eigenvalue weighted by molar-refractivity contribution is 5.85. The number of hydrogen-bond acceptors (Lipinski definition) is 4. The van der Waals surface area contributed by atoms with Gasteiger partial charge in [-0.05, 0) is 36.8 Å². The van der Waals surface area contributed by atoms with E-state index in [4.69, 9.17) is 4.98 Å². The summed E-state index contributed by atoms with van der Waals surface area (Å²) in [6.45, 7) is 2.03. The number of pyridine rings is 1. The van der Waals surface area contributed by atoms with Gasteiger partial charge < -0.3 is 4.90 Å². The molecule has 4 rings (SSSR count). The van der Waals surface area contributed by atoms with E-state index in [0.717, 1.165) is 42.1 Å². The molecule has 0 bridgehead atoms. The number of aromatic nitrogens is 3. The second-order valence-corrected chi connectivity index (χ2v) is 7.11. The zero-order chi connectivity index (χ0) is 16.5. The van der Waals surface area contributed by atoms with Crippen LogP contribution in [0.15, 0.2) is 35.4 Å². The third-order valence-corrected chi connectivity index (χ3v) is 5.66. The van der Waals surface area contributed by atoms with Crippen LogP contribution in [0.4, 0.5) is 5.95 Å². The molecule has 1 aliphatic carbocycles. The number of piperidine rings is 1. The number of rotatable bonds is 2. The molecule has 2 fully saturated rings. The molecule has 5 nitrogen and oxygen atoms in total. The standard InChI is InChI=1S/C19H24N4O.ClH/c1-22-18(24)12-17(15-6-9-20-10-7-15)21-19(22)23-11-8-14-4-2-3-5-16(14)13-23;/h6-7,9-10,12,14,16H,2-5,8,11,13H2,1H3;1H. The lowest BCUT2D eigenvalue weighted by Crippen LogP contribution is -2.44. The van der Waals surface area contributed by atoms with Crippen LogP contribution in [0.5, 0.6) is 0 Å². The van der Waals surface area contributed by atoms with Crippen LogP contribution in [0.25, 0.3) is 11.3 Å². The van der Waals surface area contributed by atoms with Gasteiger partial charge in [0.05, 0.1) is 5.69 Å². The normalized spacial score (nSPS) is 22.8. The number of nitrogens with zero attached hydrogens (tertiary/aromatic N) is 4. The Morgan fingerprint density at radius 1 is 1.08 bits per heavy atom. The number of fused-ring (bicyclic) bond motifs is 1. The van der Waals surface area contributed by atoms with Crippen molar-refractivity contribution in [3.63, 3.8) is 0 Å². The van der Waals surface area contributed by atoms with Crippen molar-refractivity contribution in [2.24, 2.45) is 18.9 Å². The fourth-order valence-electron chi connectivity index (χ4n) is 4.26. The molecule has 0 N–H and O–H groups in total. The molecule has 0 spiro atoms. The molecule has 25 heavy (non-hydrogen) atoms. The van der Waals surface area contributed by atoms with Crippen LogP contribution < -0.4 is 10.5 Å². The van der Waals surface area contributed by atoms with Gasteiger partial charge in [0.2, 0.25) is 5.95 Å². The van der Waals surface area contributed by atoms with Gasteiger partial charge in [0.1, 0.15) is 0 Å². The minimum atomic E-state index is -0.00224. The largest absolute Gasteiger partial charge is 0.342 e. The Hall–Kier alpha value is -1.88. The summed E-state index contributed by atoms with van der Waals surface area (Å²) in [5.74, 6) is 2.43. The molecule has 1 aliphatic heterocycles. The Bertz CT molecular complexity index is 777. The summed E-state index contributed by atoms with van der Waals surface area (Å²) >= 11 is 0. The maximum absolute atomic E-state index is 12.4. The average Bonchev–Trinajstić information content (AvgIpc) is 2.64. The van der Waals surface area contributed by atoms with E-state index in [-0.39, 0.29) is 18.0 Å². The third kappa shape index (κ3) is 3.56. The fraction of sp³-hybridized carbons (Fsp3) is 0.526. The van der Waals surface area contributed by atoms with Gasteiger partial charge >= 0.3 is 0 Å². The van der Waals surface area contributed by atoms with Gasteiger partial charge in [0, 0.05) is 44.2 Å². The zero-order valence-corrected chi connectivity index (χ0v) is 15.4. The average molecular weight is 361 g/mol. The number of halogens is 1. The summed E-state index contributed by atoms with van der Waals surface area (Å²) in [5, 5.41) is 0. The molecular weight excluding hydrogens is 336 g/mol. The fourth-order valence-corrected chi connectivity index (χ4v) is 4.26. The molecule has 1 saturated carbocycles. The summed E-state index contributed by atoms with van der Waals surface area (Å²) < 4.78 is 1.69. The molecule has 2 atom stereocenters. The Morgan fingerprint density at radius 3 is 2.56 bits per heavy atom. The molecule has 0 radical (unpaired) electrons. The molecule has 2 aromatic rings. The van der Waals surface area contributed by atoms with Crippen LogP contribution in [-0.4, -0.2) is 27.6 Å². The van der Waals surface area contributed by atoms with E-state index >= 15 is 0 Å². The highest BCUT2D eigenvalue weighted by Gasteiger charge is 2.32. The summed E-state index contributed by atoms with van der Waals surface area (Å²) in [6.07, 6.45) is 10.1. The van der Waals surface area contributed by atoms with Crippen LogP contribution >= 0.6 is 12.4 Å². The minimum Gasteiger partial charge on any atom is -0.342 e. The van der Waals surface area contributed by atoms with E-state index in [1.165, 1.54) is 32.1 Å². The van der Waals surface area contributed by atoms with Gasteiger partial charge in [-0.2, -0.15) is 0 Å². The Balaban J connectivity index is 0.00000182. The predicted octanol–water partition coefficient (Wildman–Crippen LogP) is 3.28. The van der Waals surface area contributed by atoms with Crippen molar-refractivity contribution in [3.05, 3.63) is 40.9 Å². The molecular formula is C19H25ClN4O. The molecule has 2 aliphatic rings. The quantitative estimate of drug-likeness (QED) is 0.824. The first kappa shape index (κ1) is 17.9. The highest BCUT2D eigenvalue weighted by Crippen LogP contribution is 2.37. The van der Waals surface area contributed by atoms with Crippen molar-refractivity contribution in [2.45, 2.75) is 32.1 Å². The summed E-state index contributed by atoms with van der Waals surface area (Å²) in [6, 6.07) is 5.42. The first-order valence-electron chi connectivity index (χ1n) is 8.96. The molecule has 1 saturated heterocycles. The van der Waals surface area contributed by atoms with Crippen LogP contribution in [0.1, 0.15) is 32.1 Å². The van der Waals surface area contributed by atoms with Crippen molar-refractivity contribution in [3.8, 4) is 11.3 Å². The molecule has 3 heterocycles. The number of anilines is 1. The van der Waals surface area contributed by atoms with Crippen molar-refractivity contribution in [2.75, 3.05) is 18.0 Å². The summed E-state index contributed by atoms with van der Waals surface area (Å²) in [5.41, 5.74) is 1.68. The minimum absolute atomic E-state index is 0. The van der Waals surface area contributed by atoms with Crippen LogP contribution in [0, 0.1) is 11.8 Å². The first-order chi connectivity index (χ1) is 11.7. The van der Waals surface area contributed by atoms with Crippen molar-refractivity contribution in [1.29, 1.82) is 0 Å². The molecule has 2 unspecified atom stereocenters. The van der Waals surface area contributed by atoms with Gasteiger partial charge in [-0.3, -0.25) is 14.3 Å². The molecule has 0 aromatic carbocycles. The van der Waals surface area contributed by atoms with Crippen molar-refractivity contribution >= 4 is 18.4 Å². The Labute approximate surface area is 154 Å². The zero-order valence-electron chi connectivity index (χ0n) is 14.6. The second-order valence-electron chi connectivity index (χ2n) is 7.11.